The van der Waals surface area contributed by atoms with Gasteiger partial charge in [0.05, 0.1) is 12.2 Å². The van der Waals surface area contributed by atoms with Gasteiger partial charge in [0.15, 0.2) is 18.2 Å². The molecule has 0 N–H and O–H groups in total. The summed E-state index contributed by atoms with van der Waals surface area (Å²) < 4.78 is 35.0. The third kappa shape index (κ3) is 5.16. The van der Waals surface area contributed by atoms with Crippen LogP contribution in [0.5, 0.6) is 0 Å². The highest BCUT2D eigenvalue weighted by Crippen LogP contribution is 2.39. The van der Waals surface area contributed by atoms with E-state index in [-0.39, 0.29) is 6.61 Å². The molecular formula is C24H26O8. The van der Waals surface area contributed by atoms with Crippen molar-refractivity contribution in [1.82, 2.24) is 0 Å². The number of hydrogen-bond acceptors (Lipinski definition) is 8. The normalized spacial score (nSPS) is 28.5. The van der Waals surface area contributed by atoms with E-state index in [0.29, 0.717) is 5.56 Å². The molecule has 32 heavy (non-hydrogen) atoms. The van der Waals surface area contributed by atoms with Gasteiger partial charge in [-0.25, -0.2) is 4.79 Å². The summed E-state index contributed by atoms with van der Waals surface area (Å²) in [4.78, 5) is 24.5. The Morgan fingerprint density at radius 3 is 2.16 bits per heavy atom. The van der Waals surface area contributed by atoms with Crippen LogP contribution in [0, 0.1) is 0 Å². The lowest BCUT2D eigenvalue weighted by atomic mass is 10.0. The van der Waals surface area contributed by atoms with Gasteiger partial charge in [-0.3, -0.25) is 4.79 Å². The lowest BCUT2D eigenvalue weighted by Gasteiger charge is -2.40. The number of benzene rings is 2. The SMILES string of the molecule is CC(=O)O[C@@H]1O[C@@H](OCc2ccccc2)[C@@H]2OC(C)(C)O[C@@H]2[C@H]1OC(=O)c1ccccc1. The van der Waals surface area contributed by atoms with E-state index in [4.69, 9.17) is 28.4 Å². The highest BCUT2D eigenvalue weighted by molar-refractivity contribution is 5.89. The molecule has 8 nitrogen and oxygen atoms in total. The van der Waals surface area contributed by atoms with E-state index in [1.54, 1.807) is 44.2 Å². The highest BCUT2D eigenvalue weighted by atomic mass is 16.8. The van der Waals surface area contributed by atoms with Crippen LogP contribution >= 0.6 is 0 Å². The zero-order valence-electron chi connectivity index (χ0n) is 18.1. The Morgan fingerprint density at radius 1 is 0.875 bits per heavy atom. The molecule has 2 heterocycles. The van der Waals surface area contributed by atoms with Crippen LogP contribution in [0.2, 0.25) is 0 Å². The zero-order valence-corrected chi connectivity index (χ0v) is 18.1. The predicted octanol–water partition coefficient (Wildman–Crippen LogP) is 3.19. The van der Waals surface area contributed by atoms with Crippen LogP contribution in [-0.2, 0) is 39.8 Å². The summed E-state index contributed by atoms with van der Waals surface area (Å²) in [5.41, 5.74) is 1.29. The van der Waals surface area contributed by atoms with Gasteiger partial charge in [0.1, 0.15) is 12.2 Å². The molecule has 0 radical (unpaired) electrons. The van der Waals surface area contributed by atoms with Crippen LogP contribution < -0.4 is 0 Å². The minimum absolute atomic E-state index is 0.250. The van der Waals surface area contributed by atoms with Crippen LogP contribution in [0.15, 0.2) is 60.7 Å². The Balaban J connectivity index is 1.57. The van der Waals surface area contributed by atoms with Gasteiger partial charge in [0, 0.05) is 6.92 Å². The largest absolute Gasteiger partial charge is 0.449 e. The minimum atomic E-state index is -1.22. The monoisotopic (exact) mass is 442 g/mol. The van der Waals surface area contributed by atoms with Gasteiger partial charge >= 0.3 is 11.9 Å². The lowest BCUT2D eigenvalue weighted by Crippen LogP contribution is -2.59. The number of hydrogen-bond donors (Lipinski definition) is 0. The summed E-state index contributed by atoms with van der Waals surface area (Å²) in [5.74, 6) is -2.16. The Morgan fingerprint density at radius 2 is 1.50 bits per heavy atom. The molecule has 0 aromatic heterocycles. The molecule has 0 unspecified atom stereocenters. The van der Waals surface area contributed by atoms with Gasteiger partial charge in [-0.05, 0) is 31.5 Å². The maximum Gasteiger partial charge on any atom is 0.338 e. The number of carbonyl (C=O) groups excluding carboxylic acids is 2. The number of rotatable bonds is 6. The standard InChI is InChI=1S/C24H26O8/c1-15(25)28-23-19(29-21(26)17-12-8-5-9-13-17)18-20(32-24(2,3)31-18)22(30-23)27-14-16-10-6-4-7-11-16/h4-13,18-20,22-23H,14H2,1-3H3/t18-,19-,20-,22-,23-/m1/s1. The first kappa shape index (κ1) is 22.4. The van der Waals surface area contributed by atoms with E-state index >= 15 is 0 Å². The summed E-state index contributed by atoms with van der Waals surface area (Å²) in [6, 6.07) is 18.1. The molecule has 4 rings (SSSR count). The minimum Gasteiger partial charge on any atom is -0.449 e. The van der Waals surface area contributed by atoms with Gasteiger partial charge in [-0.1, -0.05) is 48.5 Å². The fraction of sp³-hybridized carbons (Fsp3) is 0.417. The van der Waals surface area contributed by atoms with Gasteiger partial charge < -0.3 is 28.4 Å². The van der Waals surface area contributed by atoms with E-state index in [0.717, 1.165) is 5.56 Å². The van der Waals surface area contributed by atoms with Crippen molar-refractivity contribution in [1.29, 1.82) is 0 Å². The first-order chi connectivity index (χ1) is 15.3. The van der Waals surface area contributed by atoms with Crippen LogP contribution in [0.3, 0.4) is 0 Å². The van der Waals surface area contributed by atoms with Crippen LogP contribution in [-0.4, -0.2) is 48.6 Å². The van der Waals surface area contributed by atoms with Gasteiger partial charge in [-0.2, -0.15) is 0 Å². The van der Waals surface area contributed by atoms with E-state index in [1.165, 1.54) is 6.92 Å². The van der Waals surface area contributed by atoms with E-state index < -0.39 is 48.6 Å². The molecule has 0 aliphatic carbocycles. The average Bonchev–Trinajstić information content (AvgIpc) is 3.10. The van der Waals surface area contributed by atoms with E-state index in [9.17, 15) is 9.59 Å². The Kier molecular flexibility index (Phi) is 6.57. The maximum atomic E-state index is 12.7. The van der Waals surface area contributed by atoms with Crippen molar-refractivity contribution < 1.29 is 38.0 Å². The number of ether oxygens (including phenoxy) is 6. The number of esters is 2. The summed E-state index contributed by atoms with van der Waals surface area (Å²) in [7, 11) is 0. The molecule has 2 saturated heterocycles. The number of carbonyl (C=O) groups is 2. The van der Waals surface area contributed by atoms with Gasteiger partial charge in [0.2, 0.25) is 6.29 Å². The molecular weight excluding hydrogens is 416 g/mol. The third-order valence-electron chi connectivity index (χ3n) is 5.08. The van der Waals surface area contributed by atoms with Crippen LogP contribution in [0.4, 0.5) is 0 Å². The van der Waals surface area contributed by atoms with Crippen molar-refractivity contribution in [2.45, 2.75) is 64.1 Å². The highest BCUT2D eigenvalue weighted by Gasteiger charge is 2.58. The topological polar surface area (TPSA) is 89.5 Å². The number of fused-ring (bicyclic) bond motifs is 1. The molecule has 2 aliphatic rings. The molecule has 8 heteroatoms. The fourth-order valence-corrected chi connectivity index (χ4v) is 3.76. The molecule has 2 aliphatic heterocycles. The molecule has 2 aromatic rings. The van der Waals surface area contributed by atoms with E-state index in [1.807, 2.05) is 30.3 Å². The van der Waals surface area contributed by atoms with Crippen molar-refractivity contribution in [2.75, 3.05) is 0 Å². The second-order valence-electron chi connectivity index (χ2n) is 8.08. The molecule has 2 aromatic carbocycles. The molecule has 5 atom stereocenters. The zero-order chi connectivity index (χ0) is 22.7. The third-order valence-corrected chi connectivity index (χ3v) is 5.08. The Labute approximate surface area is 186 Å². The smallest absolute Gasteiger partial charge is 0.338 e. The second kappa shape index (κ2) is 9.38. The summed E-state index contributed by atoms with van der Waals surface area (Å²) >= 11 is 0. The average molecular weight is 442 g/mol. The first-order valence-electron chi connectivity index (χ1n) is 10.4. The second-order valence-corrected chi connectivity index (χ2v) is 8.08. The van der Waals surface area contributed by atoms with Crippen molar-refractivity contribution in [3.05, 3.63) is 71.8 Å². The van der Waals surface area contributed by atoms with Gasteiger partial charge in [-0.15, -0.1) is 0 Å². The summed E-state index contributed by atoms with van der Waals surface area (Å²) in [6.07, 6.45) is -4.64. The van der Waals surface area contributed by atoms with Crippen molar-refractivity contribution >= 4 is 11.9 Å². The predicted molar refractivity (Wildman–Crippen MR) is 111 cm³/mol. The van der Waals surface area contributed by atoms with Gasteiger partial charge in [0.25, 0.3) is 0 Å². The van der Waals surface area contributed by atoms with Crippen LogP contribution in [0.25, 0.3) is 0 Å². The molecule has 0 bridgehead atoms. The maximum absolute atomic E-state index is 12.7. The Hall–Kier alpha value is -2.78. The lowest BCUT2D eigenvalue weighted by molar-refractivity contribution is -0.326. The molecule has 2 fully saturated rings. The van der Waals surface area contributed by atoms with Crippen molar-refractivity contribution in [2.24, 2.45) is 0 Å². The molecule has 0 saturated carbocycles. The fourth-order valence-electron chi connectivity index (χ4n) is 3.76. The summed E-state index contributed by atoms with van der Waals surface area (Å²) in [5, 5.41) is 0. The molecule has 170 valence electrons. The summed E-state index contributed by atoms with van der Waals surface area (Å²) in [6.45, 7) is 4.99. The molecule has 0 amide bonds. The quantitative estimate of drug-likeness (QED) is 0.630. The molecule has 0 spiro atoms. The van der Waals surface area contributed by atoms with Crippen molar-refractivity contribution in [3.8, 4) is 0 Å². The van der Waals surface area contributed by atoms with Crippen LogP contribution in [0.1, 0.15) is 36.7 Å². The first-order valence-corrected chi connectivity index (χ1v) is 10.4. The van der Waals surface area contributed by atoms with E-state index in [2.05, 4.69) is 0 Å². The van der Waals surface area contributed by atoms with Crippen molar-refractivity contribution in [3.63, 3.8) is 0 Å². The Bertz CT molecular complexity index is 930.